The van der Waals surface area contributed by atoms with E-state index in [1.807, 2.05) is 44.1 Å². The van der Waals surface area contributed by atoms with Crippen LogP contribution in [-0.2, 0) is 4.79 Å². The highest BCUT2D eigenvalue weighted by Gasteiger charge is 2.16. The largest absolute Gasteiger partial charge is 0.481 e. The molecule has 0 aliphatic heterocycles. The van der Waals surface area contributed by atoms with Crippen molar-refractivity contribution in [1.82, 2.24) is 9.80 Å². The highest BCUT2D eigenvalue weighted by Crippen LogP contribution is 2.08. The van der Waals surface area contributed by atoms with Gasteiger partial charge in [0.2, 0.25) is 0 Å². The van der Waals surface area contributed by atoms with Crippen LogP contribution >= 0.6 is 0 Å². The molecule has 0 radical (unpaired) electrons. The van der Waals surface area contributed by atoms with E-state index in [-0.39, 0.29) is 18.9 Å². The molecule has 20 heavy (non-hydrogen) atoms. The quantitative estimate of drug-likeness (QED) is 0.820. The molecule has 5 nitrogen and oxygen atoms in total. The Morgan fingerprint density at radius 1 is 1.15 bits per heavy atom. The zero-order chi connectivity index (χ0) is 15.1. The fourth-order valence-corrected chi connectivity index (χ4v) is 1.83. The fourth-order valence-electron chi connectivity index (χ4n) is 1.83. The maximum absolute atomic E-state index is 12.4. The van der Waals surface area contributed by atoms with Gasteiger partial charge in [-0.25, -0.2) is 0 Å². The van der Waals surface area contributed by atoms with Gasteiger partial charge >= 0.3 is 5.97 Å². The Hall–Kier alpha value is -1.88. The molecule has 0 aromatic heterocycles. The Morgan fingerprint density at radius 2 is 1.85 bits per heavy atom. The van der Waals surface area contributed by atoms with Crippen LogP contribution in [0.2, 0.25) is 0 Å². The number of hydrogen-bond acceptors (Lipinski definition) is 3. The summed E-state index contributed by atoms with van der Waals surface area (Å²) in [5.74, 6) is -1.01. The highest BCUT2D eigenvalue weighted by atomic mass is 16.4. The Kier molecular flexibility index (Phi) is 6.18. The predicted octanol–water partition coefficient (Wildman–Crippen LogP) is 1.47. The summed E-state index contributed by atoms with van der Waals surface area (Å²) >= 11 is 0. The molecule has 0 spiro atoms. The van der Waals surface area contributed by atoms with Crippen LogP contribution in [0.4, 0.5) is 0 Å². The first-order chi connectivity index (χ1) is 9.40. The van der Waals surface area contributed by atoms with Crippen molar-refractivity contribution in [3.8, 4) is 0 Å². The van der Waals surface area contributed by atoms with Crippen molar-refractivity contribution in [1.29, 1.82) is 0 Å². The van der Waals surface area contributed by atoms with Crippen molar-refractivity contribution in [2.24, 2.45) is 0 Å². The molecule has 0 aliphatic rings. The second kappa shape index (κ2) is 7.65. The number of carboxylic acid groups (broad SMARTS) is 1. The van der Waals surface area contributed by atoms with E-state index < -0.39 is 5.97 Å². The number of hydrogen-bond donors (Lipinski definition) is 1. The Labute approximate surface area is 119 Å². The fraction of sp³-hybridized carbons (Fsp3) is 0.467. The van der Waals surface area contributed by atoms with Crippen molar-refractivity contribution in [3.05, 3.63) is 35.4 Å². The number of carbonyl (C=O) groups excluding carboxylic acids is 1. The SMILES string of the molecule is Cc1cccc(C(=O)N(CCC(=O)O)CCN(C)C)c1. The second-order valence-corrected chi connectivity index (χ2v) is 5.11. The summed E-state index contributed by atoms with van der Waals surface area (Å²) in [6.45, 7) is 3.39. The van der Waals surface area contributed by atoms with Gasteiger partial charge in [0.15, 0.2) is 0 Å². The molecule has 0 heterocycles. The van der Waals surface area contributed by atoms with Crippen LogP contribution in [0.3, 0.4) is 0 Å². The standard InChI is InChI=1S/C15H22N2O3/c1-12-5-4-6-13(11-12)15(20)17(8-7-14(18)19)10-9-16(2)3/h4-6,11H,7-10H2,1-3H3,(H,18,19). The molecule has 1 aromatic carbocycles. The maximum Gasteiger partial charge on any atom is 0.305 e. The van der Waals surface area contributed by atoms with Gasteiger partial charge in [0, 0.05) is 25.2 Å². The lowest BCUT2D eigenvalue weighted by Crippen LogP contribution is -2.38. The Balaban J connectivity index is 2.79. The van der Waals surface area contributed by atoms with Crippen LogP contribution in [0.25, 0.3) is 0 Å². The summed E-state index contributed by atoms with van der Waals surface area (Å²) in [5.41, 5.74) is 1.62. The lowest BCUT2D eigenvalue weighted by Gasteiger charge is -2.24. The van der Waals surface area contributed by atoms with E-state index in [0.29, 0.717) is 18.7 Å². The summed E-state index contributed by atoms with van der Waals surface area (Å²) < 4.78 is 0. The summed E-state index contributed by atoms with van der Waals surface area (Å²) in [7, 11) is 3.85. The van der Waals surface area contributed by atoms with E-state index in [4.69, 9.17) is 5.11 Å². The molecule has 0 bridgehead atoms. The Bertz CT molecular complexity index is 472. The number of carboxylic acids is 1. The van der Waals surface area contributed by atoms with E-state index in [1.54, 1.807) is 11.0 Å². The van der Waals surface area contributed by atoms with Gasteiger partial charge in [-0.3, -0.25) is 9.59 Å². The lowest BCUT2D eigenvalue weighted by atomic mass is 10.1. The van der Waals surface area contributed by atoms with Crippen molar-refractivity contribution < 1.29 is 14.7 Å². The van der Waals surface area contributed by atoms with Crippen LogP contribution in [0.5, 0.6) is 0 Å². The van der Waals surface area contributed by atoms with Crippen molar-refractivity contribution >= 4 is 11.9 Å². The molecule has 1 amide bonds. The minimum Gasteiger partial charge on any atom is -0.481 e. The monoisotopic (exact) mass is 278 g/mol. The molecule has 1 N–H and O–H groups in total. The highest BCUT2D eigenvalue weighted by molar-refractivity contribution is 5.94. The summed E-state index contributed by atoms with van der Waals surface area (Å²) in [6, 6.07) is 7.35. The van der Waals surface area contributed by atoms with Crippen molar-refractivity contribution in [2.45, 2.75) is 13.3 Å². The Morgan fingerprint density at radius 3 is 2.40 bits per heavy atom. The first kappa shape index (κ1) is 16.2. The lowest BCUT2D eigenvalue weighted by molar-refractivity contribution is -0.137. The molecule has 0 aliphatic carbocycles. The molecule has 0 saturated carbocycles. The van der Waals surface area contributed by atoms with Gasteiger partial charge in [-0.05, 0) is 33.2 Å². The minimum absolute atomic E-state index is 0.0367. The topological polar surface area (TPSA) is 60.9 Å². The van der Waals surface area contributed by atoms with E-state index >= 15 is 0 Å². The van der Waals surface area contributed by atoms with E-state index in [0.717, 1.165) is 5.56 Å². The third kappa shape index (κ3) is 5.40. The molecule has 0 saturated heterocycles. The molecule has 110 valence electrons. The molecule has 1 aromatic rings. The first-order valence-corrected chi connectivity index (χ1v) is 6.62. The minimum atomic E-state index is -0.892. The number of carbonyl (C=O) groups is 2. The summed E-state index contributed by atoms with van der Waals surface area (Å²) in [6.07, 6.45) is -0.0367. The maximum atomic E-state index is 12.4. The van der Waals surface area contributed by atoms with Gasteiger partial charge in [0.1, 0.15) is 0 Å². The predicted molar refractivity (Wildman–Crippen MR) is 77.9 cm³/mol. The smallest absolute Gasteiger partial charge is 0.305 e. The number of aliphatic carboxylic acids is 1. The average molecular weight is 278 g/mol. The molecular weight excluding hydrogens is 256 g/mol. The zero-order valence-corrected chi connectivity index (χ0v) is 12.3. The van der Waals surface area contributed by atoms with E-state index in [9.17, 15) is 9.59 Å². The molecule has 0 fully saturated rings. The van der Waals surface area contributed by atoms with Crippen LogP contribution in [0, 0.1) is 6.92 Å². The number of likely N-dealkylation sites (N-methyl/N-ethyl adjacent to an activating group) is 1. The zero-order valence-electron chi connectivity index (χ0n) is 12.3. The van der Waals surface area contributed by atoms with Crippen molar-refractivity contribution in [2.75, 3.05) is 33.7 Å². The van der Waals surface area contributed by atoms with Gasteiger partial charge in [-0.2, -0.15) is 0 Å². The van der Waals surface area contributed by atoms with E-state index in [1.165, 1.54) is 0 Å². The number of benzene rings is 1. The van der Waals surface area contributed by atoms with Crippen molar-refractivity contribution in [3.63, 3.8) is 0 Å². The summed E-state index contributed by atoms with van der Waals surface area (Å²) in [4.78, 5) is 26.7. The van der Waals surface area contributed by atoms with Gasteiger partial charge < -0.3 is 14.9 Å². The van der Waals surface area contributed by atoms with Crippen LogP contribution < -0.4 is 0 Å². The third-order valence-corrected chi connectivity index (χ3v) is 2.96. The number of nitrogens with zero attached hydrogens (tertiary/aromatic N) is 2. The van der Waals surface area contributed by atoms with Gasteiger partial charge in [-0.1, -0.05) is 17.7 Å². The van der Waals surface area contributed by atoms with Crippen LogP contribution in [0.15, 0.2) is 24.3 Å². The first-order valence-electron chi connectivity index (χ1n) is 6.62. The molecule has 0 atom stereocenters. The normalized spacial score (nSPS) is 10.6. The average Bonchev–Trinajstić information content (AvgIpc) is 2.37. The molecular formula is C15H22N2O3. The molecule has 0 unspecified atom stereocenters. The van der Waals surface area contributed by atoms with Gasteiger partial charge in [0.25, 0.3) is 5.91 Å². The number of aryl methyl sites for hydroxylation is 1. The summed E-state index contributed by atoms with van der Waals surface area (Å²) in [5, 5.41) is 8.79. The third-order valence-electron chi connectivity index (χ3n) is 2.96. The van der Waals surface area contributed by atoms with Crippen LogP contribution in [-0.4, -0.2) is 60.5 Å². The second-order valence-electron chi connectivity index (χ2n) is 5.11. The van der Waals surface area contributed by atoms with E-state index in [2.05, 4.69) is 0 Å². The van der Waals surface area contributed by atoms with Gasteiger partial charge in [0.05, 0.1) is 6.42 Å². The molecule has 1 rings (SSSR count). The molecule has 5 heteroatoms. The van der Waals surface area contributed by atoms with Crippen LogP contribution in [0.1, 0.15) is 22.3 Å². The number of rotatable bonds is 7. The number of amides is 1. The van der Waals surface area contributed by atoms with Gasteiger partial charge in [-0.15, -0.1) is 0 Å².